The van der Waals surface area contributed by atoms with E-state index in [4.69, 9.17) is 9.84 Å². The van der Waals surface area contributed by atoms with Crippen molar-refractivity contribution in [3.05, 3.63) is 120 Å². The lowest BCUT2D eigenvalue weighted by Gasteiger charge is -2.00. The highest BCUT2D eigenvalue weighted by Gasteiger charge is 2.11. The molecule has 0 spiro atoms. The Morgan fingerprint density at radius 2 is 1.54 bits per heavy atom. The maximum atomic E-state index is 12.4. The quantitative estimate of drug-likeness (QED) is 0.246. The number of hydrogen-bond donors (Lipinski definition) is 0. The molecule has 7 nitrogen and oxygen atoms in total. The van der Waals surface area contributed by atoms with Gasteiger partial charge in [0.15, 0.2) is 0 Å². The molecule has 0 radical (unpaired) electrons. The predicted octanol–water partition coefficient (Wildman–Crippen LogP) is 5.19. The Bertz CT molecular complexity index is 1450. The molecule has 3 aromatic carbocycles. The van der Waals surface area contributed by atoms with Crippen LogP contribution in [0.5, 0.6) is 0 Å². The van der Waals surface area contributed by atoms with Crippen LogP contribution in [0, 0.1) is 6.92 Å². The van der Waals surface area contributed by atoms with Gasteiger partial charge in [-0.1, -0.05) is 71.4 Å². The number of aromatic nitrogens is 5. The lowest BCUT2D eigenvalue weighted by molar-refractivity contribution is -0.139. The van der Waals surface area contributed by atoms with Crippen LogP contribution < -0.4 is 0 Å². The summed E-state index contributed by atoms with van der Waals surface area (Å²) in [6.07, 6.45) is 6.77. The summed E-state index contributed by atoms with van der Waals surface area (Å²) in [5.74, 6) is -0.471. The highest BCUT2D eigenvalue weighted by molar-refractivity contribution is 5.88. The molecule has 0 atom stereocenters. The Kier molecular flexibility index (Phi) is 6.30. The van der Waals surface area contributed by atoms with E-state index in [0.717, 1.165) is 28.2 Å². The zero-order valence-corrected chi connectivity index (χ0v) is 19.2. The highest BCUT2D eigenvalue weighted by atomic mass is 16.5. The van der Waals surface area contributed by atoms with Gasteiger partial charge in [-0.25, -0.2) is 14.2 Å². The first-order valence-electron chi connectivity index (χ1n) is 11.2. The first kappa shape index (κ1) is 22.0. The van der Waals surface area contributed by atoms with Gasteiger partial charge >= 0.3 is 5.97 Å². The third-order valence-corrected chi connectivity index (χ3v) is 5.41. The van der Waals surface area contributed by atoms with Gasteiger partial charge in [-0.2, -0.15) is 5.10 Å². The number of para-hydroxylation sites is 1. The molecular formula is C28H23N5O2. The van der Waals surface area contributed by atoms with Gasteiger partial charge in [0.2, 0.25) is 0 Å². The smallest absolute Gasteiger partial charge is 0.331 e. The zero-order chi connectivity index (χ0) is 24.0. The summed E-state index contributed by atoms with van der Waals surface area (Å²) in [6, 6.07) is 27.6. The molecule has 2 heterocycles. The molecule has 0 aliphatic heterocycles. The molecule has 0 N–H and O–H groups in total. The summed E-state index contributed by atoms with van der Waals surface area (Å²) in [4.78, 5) is 12.4. The van der Waals surface area contributed by atoms with Crippen molar-refractivity contribution in [2.24, 2.45) is 0 Å². The molecule has 172 valence electrons. The van der Waals surface area contributed by atoms with Gasteiger partial charge in [0.05, 0.1) is 23.3 Å². The van der Waals surface area contributed by atoms with E-state index >= 15 is 0 Å². The monoisotopic (exact) mass is 461 g/mol. The molecule has 5 aromatic rings. The summed E-state index contributed by atoms with van der Waals surface area (Å²) in [5, 5.41) is 13.0. The summed E-state index contributed by atoms with van der Waals surface area (Å²) in [5.41, 5.74) is 6.10. The van der Waals surface area contributed by atoms with E-state index in [1.54, 1.807) is 21.6 Å². The Balaban J connectivity index is 1.30. The average molecular weight is 462 g/mol. The largest absolute Gasteiger partial charge is 0.456 e. The lowest BCUT2D eigenvalue weighted by Crippen LogP contribution is -2.01. The van der Waals surface area contributed by atoms with E-state index in [1.165, 1.54) is 11.6 Å². The first-order chi connectivity index (χ1) is 17.2. The molecule has 7 heteroatoms. The van der Waals surface area contributed by atoms with Crippen LogP contribution in [0.15, 0.2) is 103 Å². The van der Waals surface area contributed by atoms with Crippen molar-refractivity contribution in [2.45, 2.75) is 13.5 Å². The first-order valence-corrected chi connectivity index (χ1v) is 11.2. The van der Waals surface area contributed by atoms with Crippen LogP contribution in [0.3, 0.4) is 0 Å². The number of rotatable bonds is 7. The number of hydrogen-bond acceptors (Lipinski definition) is 5. The van der Waals surface area contributed by atoms with Gasteiger partial charge < -0.3 is 4.74 Å². The maximum Gasteiger partial charge on any atom is 0.331 e. The average Bonchev–Trinajstić information content (AvgIpc) is 3.55. The van der Waals surface area contributed by atoms with E-state index < -0.39 is 5.97 Å². The van der Waals surface area contributed by atoms with E-state index in [9.17, 15) is 4.79 Å². The molecule has 5 rings (SSSR count). The predicted molar refractivity (Wildman–Crippen MR) is 134 cm³/mol. The number of ether oxygens (including phenoxy) is 1. The lowest BCUT2D eigenvalue weighted by atomic mass is 10.1. The second-order valence-corrected chi connectivity index (χ2v) is 8.01. The maximum absolute atomic E-state index is 12.4. The van der Waals surface area contributed by atoms with Gasteiger partial charge in [-0.3, -0.25) is 0 Å². The Morgan fingerprint density at radius 3 is 2.29 bits per heavy atom. The number of esters is 1. The number of nitrogens with zero attached hydrogens (tertiary/aromatic N) is 5. The second-order valence-electron chi connectivity index (χ2n) is 8.01. The van der Waals surface area contributed by atoms with Crippen LogP contribution in [0.4, 0.5) is 0 Å². The number of benzene rings is 3. The zero-order valence-electron chi connectivity index (χ0n) is 19.2. The van der Waals surface area contributed by atoms with Crippen molar-refractivity contribution in [3.63, 3.8) is 0 Å². The molecule has 2 aromatic heterocycles. The third kappa shape index (κ3) is 5.25. The minimum Gasteiger partial charge on any atom is -0.456 e. The fourth-order valence-corrected chi connectivity index (χ4v) is 3.58. The van der Waals surface area contributed by atoms with Crippen LogP contribution in [0.2, 0.25) is 0 Å². The van der Waals surface area contributed by atoms with Crippen molar-refractivity contribution >= 4 is 12.0 Å². The minimum atomic E-state index is -0.471. The standard InChI is InChI=1S/C28H23N5O2/c1-21-12-15-26(16-13-21)33-19-24(29-31-33)20-35-27(34)17-14-23-18-32(25-10-6-3-7-11-25)30-28(23)22-8-4-2-5-9-22/h2-19H,20H2,1H3/b17-14+. The molecular weight excluding hydrogens is 438 g/mol. The van der Waals surface area contributed by atoms with Gasteiger partial charge in [0.1, 0.15) is 12.3 Å². The van der Waals surface area contributed by atoms with E-state index in [0.29, 0.717) is 5.69 Å². The fraction of sp³-hybridized carbons (Fsp3) is 0.0714. The number of aryl methyl sites for hydroxylation is 1. The summed E-state index contributed by atoms with van der Waals surface area (Å²) >= 11 is 0. The van der Waals surface area contributed by atoms with Crippen molar-refractivity contribution in [2.75, 3.05) is 0 Å². The van der Waals surface area contributed by atoms with E-state index in [2.05, 4.69) is 10.3 Å². The molecule has 0 aliphatic carbocycles. The summed E-state index contributed by atoms with van der Waals surface area (Å²) < 4.78 is 8.84. The van der Waals surface area contributed by atoms with Gasteiger partial charge in [-0.15, -0.1) is 5.10 Å². The molecule has 0 bridgehead atoms. The molecule has 35 heavy (non-hydrogen) atoms. The topological polar surface area (TPSA) is 74.8 Å². The van der Waals surface area contributed by atoms with Gasteiger partial charge in [-0.05, 0) is 37.3 Å². The molecule has 0 amide bonds. The minimum absolute atomic E-state index is 0.0316. The molecule has 0 saturated heterocycles. The summed E-state index contributed by atoms with van der Waals surface area (Å²) in [7, 11) is 0. The van der Waals surface area contributed by atoms with Gasteiger partial charge in [0.25, 0.3) is 0 Å². The van der Waals surface area contributed by atoms with Crippen LogP contribution >= 0.6 is 0 Å². The number of carbonyl (C=O) groups is 1. The van der Waals surface area contributed by atoms with Crippen LogP contribution in [-0.2, 0) is 16.1 Å². The van der Waals surface area contributed by atoms with E-state index in [-0.39, 0.29) is 6.61 Å². The normalized spacial score (nSPS) is 11.1. The second kappa shape index (κ2) is 10.0. The van der Waals surface area contributed by atoms with Crippen molar-refractivity contribution in [1.82, 2.24) is 24.8 Å². The Morgan fingerprint density at radius 1 is 0.857 bits per heavy atom. The van der Waals surface area contributed by atoms with E-state index in [1.807, 2.05) is 98.0 Å². The molecule has 0 aliphatic rings. The third-order valence-electron chi connectivity index (χ3n) is 5.41. The van der Waals surface area contributed by atoms with Crippen LogP contribution in [0.25, 0.3) is 28.7 Å². The summed E-state index contributed by atoms with van der Waals surface area (Å²) in [6.45, 7) is 2.06. The highest BCUT2D eigenvalue weighted by Crippen LogP contribution is 2.24. The van der Waals surface area contributed by atoms with Crippen molar-refractivity contribution < 1.29 is 9.53 Å². The molecule has 0 unspecified atom stereocenters. The van der Waals surface area contributed by atoms with Gasteiger partial charge in [0, 0.05) is 23.4 Å². The van der Waals surface area contributed by atoms with Crippen molar-refractivity contribution in [3.8, 4) is 22.6 Å². The molecule has 0 saturated carbocycles. The van der Waals surface area contributed by atoms with Crippen molar-refractivity contribution in [1.29, 1.82) is 0 Å². The van der Waals surface area contributed by atoms with Crippen LogP contribution in [-0.4, -0.2) is 30.7 Å². The fourth-order valence-electron chi connectivity index (χ4n) is 3.58. The molecule has 0 fully saturated rings. The number of carbonyl (C=O) groups excluding carboxylic acids is 1. The van der Waals surface area contributed by atoms with Crippen LogP contribution in [0.1, 0.15) is 16.8 Å². The SMILES string of the molecule is Cc1ccc(-n2cc(COC(=O)/C=C/c3cn(-c4ccccc4)nc3-c3ccccc3)nn2)cc1. The Hall–Kier alpha value is -4.78. The Labute approximate surface area is 202 Å².